The molecule has 9 heteroatoms. The van der Waals surface area contributed by atoms with Crippen molar-refractivity contribution < 1.29 is 14.3 Å². The van der Waals surface area contributed by atoms with Crippen LogP contribution < -0.4 is 20.5 Å². The molecule has 0 radical (unpaired) electrons. The van der Waals surface area contributed by atoms with Gasteiger partial charge in [0.1, 0.15) is 12.3 Å². The molecule has 1 aromatic heterocycles. The number of nitrogens with zero attached hydrogens (tertiary/aromatic N) is 4. The zero-order chi connectivity index (χ0) is 22.5. The van der Waals surface area contributed by atoms with Crippen molar-refractivity contribution in [1.82, 2.24) is 19.8 Å². The number of aromatic nitrogens is 2. The van der Waals surface area contributed by atoms with Crippen molar-refractivity contribution in [2.45, 2.75) is 6.54 Å². The number of fused-ring (bicyclic) bond motifs is 1. The van der Waals surface area contributed by atoms with Gasteiger partial charge in [-0.2, -0.15) is 0 Å². The number of carbonyl (C=O) groups excluding carboxylic acids is 2. The maximum Gasteiger partial charge on any atom is 0.261 e. The van der Waals surface area contributed by atoms with Crippen LogP contribution in [0.5, 0.6) is 5.75 Å². The second-order valence-electron chi connectivity index (χ2n) is 7.54. The number of carbonyl (C=O) groups is 2. The molecule has 2 heterocycles. The first-order chi connectivity index (χ1) is 15.5. The minimum absolute atomic E-state index is 0.100. The van der Waals surface area contributed by atoms with Gasteiger partial charge in [-0.3, -0.25) is 19.0 Å². The van der Waals surface area contributed by atoms with Gasteiger partial charge in [0.15, 0.2) is 0 Å². The summed E-state index contributed by atoms with van der Waals surface area (Å²) in [6, 6.07) is 14.8. The first kappa shape index (κ1) is 21.4. The van der Waals surface area contributed by atoms with Crippen molar-refractivity contribution in [2.75, 3.05) is 44.7 Å². The Bertz CT molecular complexity index is 1170. The molecule has 1 aliphatic rings. The van der Waals surface area contributed by atoms with Gasteiger partial charge in [0.2, 0.25) is 11.8 Å². The van der Waals surface area contributed by atoms with Crippen molar-refractivity contribution in [2.24, 2.45) is 0 Å². The van der Waals surface area contributed by atoms with Crippen molar-refractivity contribution in [3.8, 4) is 5.75 Å². The first-order valence-electron chi connectivity index (χ1n) is 10.4. The number of hydrogen-bond donors (Lipinski definition) is 1. The van der Waals surface area contributed by atoms with Crippen LogP contribution in [0.1, 0.15) is 0 Å². The second kappa shape index (κ2) is 9.51. The van der Waals surface area contributed by atoms with Crippen molar-refractivity contribution in [3.63, 3.8) is 0 Å². The maximum atomic E-state index is 12.5. The zero-order valence-electron chi connectivity index (χ0n) is 17.9. The van der Waals surface area contributed by atoms with E-state index in [1.165, 1.54) is 10.9 Å². The van der Waals surface area contributed by atoms with Crippen molar-refractivity contribution >= 4 is 28.4 Å². The van der Waals surface area contributed by atoms with E-state index in [1.54, 1.807) is 36.3 Å². The van der Waals surface area contributed by atoms with E-state index in [2.05, 4.69) is 15.2 Å². The number of para-hydroxylation sites is 1. The SMILES string of the molecule is COc1ccc(N2CCN(C(=O)CNC(=O)Cn3cnc4ccccc4c3=O)CC2)cc1. The molecule has 1 fully saturated rings. The Morgan fingerprint density at radius 3 is 2.47 bits per heavy atom. The Labute approximate surface area is 185 Å². The maximum absolute atomic E-state index is 12.5. The number of ether oxygens (including phenoxy) is 1. The van der Waals surface area contributed by atoms with Gasteiger partial charge < -0.3 is 19.9 Å². The lowest BCUT2D eigenvalue weighted by atomic mass is 10.2. The van der Waals surface area contributed by atoms with Crippen molar-refractivity contribution in [3.05, 3.63) is 65.2 Å². The smallest absolute Gasteiger partial charge is 0.261 e. The molecule has 4 rings (SSSR count). The first-order valence-corrected chi connectivity index (χ1v) is 10.4. The Morgan fingerprint density at radius 1 is 1.03 bits per heavy atom. The van der Waals surface area contributed by atoms with Crippen LogP contribution in [0.15, 0.2) is 59.7 Å². The largest absolute Gasteiger partial charge is 0.497 e. The van der Waals surface area contributed by atoms with Gasteiger partial charge in [-0.1, -0.05) is 12.1 Å². The van der Waals surface area contributed by atoms with E-state index in [9.17, 15) is 14.4 Å². The number of hydrogen-bond acceptors (Lipinski definition) is 6. The third-order valence-corrected chi connectivity index (χ3v) is 5.55. The van der Waals surface area contributed by atoms with Crippen LogP contribution in [-0.4, -0.2) is 66.1 Å². The molecule has 32 heavy (non-hydrogen) atoms. The fourth-order valence-corrected chi connectivity index (χ4v) is 3.72. The number of anilines is 1. The molecule has 0 aliphatic carbocycles. The molecular weight excluding hydrogens is 410 g/mol. The number of methoxy groups -OCH3 is 1. The molecule has 166 valence electrons. The van der Waals surface area contributed by atoms with Gasteiger partial charge in [-0.15, -0.1) is 0 Å². The predicted octanol–water partition coefficient (Wildman–Crippen LogP) is 0.870. The standard InChI is InChI=1S/C23H25N5O4/c1-32-18-8-6-17(7-9-18)26-10-12-27(13-11-26)22(30)14-24-21(29)15-28-16-25-20-5-3-2-4-19(20)23(28)31/h2-9,16H,10-15H2,1H3,(H,24,29). The quantitative estimate of drug-likeness (QED) is 0.617. The molecule has 0 atom stereocenters. The molecule has 0 unspecified atom stereocenters. The number of benzene rings is 2. The topological polar surface area (TPSA) is 96.8 Å². The Hall–Kier alpha value is -3.88. The van der Waals surface area contributed by atoms with E-state index in [0.717, 1.165) is 11.4 Å². The lowest BCUT2D eigenvalue weighted by molar-refractivity contribution is -0.133. The van der Waals surface area contributed by atoms with Gasteiger partial charge in [-0.05, 0) is 36.4 Å². The van der Waals surface area contributed by atoms with Gasteiger partial charge in [-0.25, -0.2) is 4.98 Å². The summed E-state index contributed by atoms with van der Waals surface area (Å²) in [6.07, 6.45) is 1.35. The molecule has 0 spiro atoms. The predicted molar refractivity (Wildman–Crippen MR) is 121 cm³/mol. The Morgan fingerprint density at radius 2 is 1.75 bits per heavy atom. The van der Waals surface area contributed by atoms with Crippen LogP contribution >= 0.6 is 0 Å². The monoisotopic (exact) mass is 435 g/mol. The summed E-state index contributed by atoms with van der Waals surface area (Å²) >= 11 is 0. The Balaban J connectivity index is 1.26. The van der Waals surface area contributed by atoms with Gasteiger partial charge in [0, 0.05) is 31.9 Å². The lowest BCUT2D eigenvalue weighted by Crippen LogP contribution is -2.51. The molecule has 9 nitrogen and oxygen atoms in total. The van der Waals surface area contributed by atoms with E-state index < -0.39 is 5.91 Å². The summed E-state index contributed by atoms with van der Waals surface area (Å²) in [7, 11) is 1.63. The van der Waals surface area contributed by atoms with Crippen LogP contribution in [0.2, 0.25) is 0 Å². The highest BCUT2D eigenvalue weighted by Gasteiger charge is 2.21. The summed E-state index contributed by atoms with van der Waals surface area (Å²) in [5.74, 6) is 0.256. The minimum atomic E-state index is -0.408. The fraction of sp³-hybridized carbons (Fsp3) is 0.304. The van der Waals surface area contributed by atoms with E-state index in [-0.39, 0.29) is 24.6 Å². The van der Waals surface area contributed by atoms with E-state index in [0.29, 0.717) is 37.1 Å². The molecule has 2 aromatic carbocycles. The number of amides is 2. The molecule has 3 aromatic rings. The number of nitrogens with one attached hydrogen (secondary N) is 1. The highest BCUT2D eigenvalue weighted by molar-refractivity contribution is 5.85. The Kier molecular flexibility index (Phi) is 6.34. The average molecular weight is 435 g/mol. The van der Waals surface area contributed by atoms with E-state index in [1.807, 2.05) is 24.3 Å². The molecule has 1 aliphatic heterocycles. The molecule has 0 saturated carbocycles. The lowest BCUT2D eigenvalue weighted by Gasteiger charge is -2.36. The summed E-state index contributed by atoms with van der Waals surface area (Å²) in [4.78, 5) is 45.4. The number of rotatable bonds is 6. The van der Waals surface area contributed by atoms with Crippen LogP contribution in [0, 0.1) is 0 Å². The third-order valence-electron chi connectivity index (χ3n) is 5.55. The van der Waals surface area contributed by atoms with Gasteiger partial charge in [0.25, 0.3) is 5.56 Å². The molecular formula is C23H25N5O4. The van der Waals surface area contributed by atoms with Crippen LogP contribution in [0.4, 0.5) is 5.69 Å². The molecule has 0 bridgehead atoms. The van der Waals surface area contributed by atoms with E-state index >= 15 is 0 Å². The van der Waals surface area contributed by atoms with Crippen LogP contribution in [-0.2, 0) is 16.1 Å². The minimum Gasteiger partial charge on any atom is -0.497 e. The normalized spacial score (nSPS) is 13.8. The summed E-state index contributed by atoms with van der Waals surface area (Å²) in [6.45, 7) is 2.30. The summed E-state index contributed by atoms with van der Waals surface area (Å²) in [5, 5.41) is 3.07. The molecule has 1 saturated heterocycles. The van der Waals surface area contributed by atoms with Gasteiger partial charge in [0.05, 0.1) is 30.9 Å². The fourth-order valence-electron chi connectivity index (χ4n) is 3.72. The summed E-state index contributed by atoms with van der Waals surface area (Å²) < 4.78 is 6.43. The van der Waals surface area contributed by atoms with Crippen molar-refractivity contribution in [1.29, 1.82) is 0 Å². The number of piperazine rings is 1. The van der Waals surface area contributed by atoms with Crippen LogP contribution in [0.25, 0.3) is 10.9 Å². The third kappa shape index (κ3) is 4.72. The molecule has 1 N–H and O–H groups in total. The highest BCUT2D eigenvalue weighted by Crippen LogP contribution is 2.20. The zero-order valence-corrected chi connectivity index (χ0v) is 17.9. The average Bonchev–Trinajstić information content (AvgIpc) is 2.84. The van der Waals surface area contributed by atoms with E-state index in [4.69, 9.17) is 4.74 Å². The van der Waals surface area contributed by atoms with Gasteiger partial charge >= 0.3 is 0 Å². The highest BCUT2D eigenvalue weighted by atomic mass is 16.5. The molecule has 2 amide bonds. The summed E-state index contributed by atoms with van der Waals surface area (Å²) in [5.41, 5.74) is 1.38. The van der Waals surface area contributed by atoms with Crippen LogP contribution in [0.3, 0.4) is 0 Å². The second-order valence-corrected chi connectivity index (χ2v) is 7.54.